The summed E-state index contributed by atoms with van der Waals surface area (Å²) in [4.78, 5) is 25.6. The quantitative estimate of drug-likeness (QED) is 0.0204. The molecule has 0 bridgehead atoms. The molecular formula is C53H64N2O7. The van der Waals surface area contributed by atoms with Crippen LogP contribution in [0.3, 0.4) is 0 Å². The molecule has 9 nitrogen and oxygen atoms in total. The van der Waals surface area contributed by atoms with E-state index < -0.39 is 5.97 Å². The van der Waals surface area contributed by atoms with Gasteiger partial charge in [0.1, 0.15) is 28.7 Å². The van der Waals surface area contributed by atoms with Gasteiger partial charge in [-0.05, 0) is 91.1 Å². The van der Waals surface area contributed by atoms with Crippen LogP contribution in [0.25, 0.3) is 11.1 Å². The Hall–Kier alpha value is -5.96. The Bertz CT molecular complexity index is 2050. The van der Waals surface area contributed by atoms with Crippen molar-refractivity contribution in [3.63, 3.8) is 0 Å². The van der Waals surface area contributed by atoms with E-state index in [1.54, 1.807) is 37.4 Å². The summed E-state index contributed by atoms with van der Waals surface area (Å²) >= 11 is 0. The topological polar surface area (TPSA) is 105 Å². The van der Waals surface area contributed by atoms with E-state index >= 15 is 0 Å². The molecule has 0 N–H and O–H groups in total. The monoisotopic (exact) mass is 840 g/mol. The zero-order chi connectivity index (χ0) is 43.5. The smallest absolute Gasteiger partial charge is 0.343 e. The summed E-state index contributed by atoms with van der Waals surface area (Å²) in [5.74, 6) is 2.24. The van der Waals surface area contributed by atoms with Crippen LogP contribution in [0, 0.1) is 0 Å². The van der Waals surface area contributed by atoms with Gasteiger partial charge in [-0.2, -0.15) is 10.2 Å². The second kappa shape index (κ2) is 27.8. The summed E-state index contributed by atoms with van der Waals surface area (Å²) in [5.41, 5.74) is 3.80. The SMILES string of the molecule is CCCCCCCCCCOc1ccc(C(=O)Oc2cc(N=Nc3ccc(OC)cc3)cc(OCCCCCCCCCCC(=O)Oc3ccc(-c4ccccc4)cc3)c2)cc1. The Kier molecular flexibility index (Phi) is 21.1. The number of nitrogens with zero attached hydrogens (tertiary/aromatic N) is 2. The summed E-state index contributed by atoms with van der Waals surface area (Å²) in [6, 6.07) is 37.3. The van der Waals surface area contributed by atoms with Crippen molar-refractivity contribution >= 4 is 23.3 Å². The minimum absolute atomic E-state index is 0.187. The molecular weight excluding hydrogens is 777 g/mol. The lowest BCUT2D eigenvalue weighted by Gasteiger charge is -2.11. The van der Waals surface area contributed by atoms with Gasteiger partial charge in [-0.25, -0.2) is 4.79 Å². The fourth-order valence-corrected chi connectivity index (χ4v) is 6.95. The molecule has 5 rings (SSSR count). The number of benzene rings is 5. The van der Waals surface area contributed by atoms with Crippen LogP contribution in [0.5, 0.6) is 28.7 Å². The first kappa shape index (κ1) is 47.1. The number of methoxy groups -OCH3 is 1. The lowest BCUT2D eigenvalue weighted by atomic mass is 10.1. The van der Waals surface area contributed by atoms with Crippen molar-refractivity contribution in [2.45, 2.75) is 116 Å². The van der Waals surface area contributed by atoms with E-state index in [9.17, 15) is 9.59 Å². The Morgan fingerprint density at radius 3 is 1.60 bits per heavy atom. The third-order valence-corrected chi connectivity index (χ3v) is 10.5. The lowest BCUT2D eigenvalue weighted by Crippen LogP contribution is -2.08. The van der Waals surface area contributed by atoms with Gasteiger partial charge < -0.3 is 23.7 Å². The van der Waals surface area contributed by atoms with Crippen molar-refractivity contribution in [3.8, 4) is 39.9 Å². The van der Waals surface area contributed by atoms with Gasteiger partial charge in [0.15, 0.2) is 0 Å². The molecule has 0 unspecified atom stereocenters. The van der Waals surface area contributed by atoms with E-state index in [0.717, 1.165) is 86.8 Å². The number of azo groups is 1. The average molecular weight is 841 g/mol. The summed E-state index contributed by atoms with van der Waals surface area (Å²) in [6.07, 6.45) is 18.6. The zero-order valence-corrected chi connectivity index (χ0v) is 36.7. The van der Waals surface area contributed by atoms with Crippen LogP contribution in [0.15, 0.2) is 132 Å². The molecule has 0 saturated carbocycles. The second-order valence-electron chi connectivity index (χ2n) is 15.6. The van der Waals surface area contributed by atoms with E-state index in [1.807, 2.05) is 78.9 Å². The maximum atomic E-state index is 13.2. The summed E-state index contributed by atoms with van der Waals surface area (Å²) in [5, 5.41) is 8.79. The van der Waals surface area contributed by atoms with Gasteiger partial charge >= 0.3 is 11.9 Å². The summed E-state index contributed by atoms with van der Waals surface area (Å²) in [7, 11) is 1.62. The highest BCUT2D eigenvalue weighted by Gasteiger charge is 2.12. The summed E-state index contributed by atoms with van der Waals surface area (Å²) in [6.45, 7) is 3.42. The molecule has 0 spiro atoms. The van der Waals surface area contributed by atoms with Crippen molar-refractivity contribution in [3.05, 3.63) is 127 Å². The first-order valence-electron chi connectivity index (χ1n) is 22.6. The van der Waals surface area contributed by atoms with Crippen LogP contribution in [-0.4, -0.2) is 32.3 Å². The first-order chi connectivity index (χ1) is 30.5. The maximum absolute atomic E-state index is 13.2. The molecule has 0 amide bonds. The van der Waals surface area contributed by atoms with Crippen molar-refractivity contribution in [2.24, 2.45) is 10.2 Å². The zero-order valence-electron chi connectivity index (χ0n) is 36.7. The largest absolute Gasteiger partial charge is 0.497 e. The highest BCUT2D eigenvalue weighted by Crippen LogP contribution is 2.31. The molecule has 0 atom stereocenters. The van der Waals surface area contributed by atoms with Crippen molar-refractivity contribution < 1.29 is 33.3 Å². The second-order valence-corrected chi connectivity index (χ2v) is 15.6. The number of carbonyl (C=O) groups is 2. The lowest BCUT2D eigenvalue weighted by molar-refractivity contribution is -0.134. The third kappa shape index (κ3) is 17.9. The van der Waals surface area contributed by atoms with Gasteiger partial charge in [0, 0.05) is 24.6 Å². The number of rotatable bonds is 29. The molecule has 0 fully saturated rings. The number of esters is 2. The number of carbonyl (C=O) groups excluding carboxylic acids is 2. The minimum Gasteiger partial charge on any atom is -0.497 e. The van der Waals surface area contributed by atoms with E-state index in [1.165, 1.54) is 38.5 Å². The number of ether oxygens (including phenoxy) is 5. The van der Waals surface area contributed by atoms with Crippen molar-refractivity contribution in [1.29, 1.82) is 0 Å². The Labute approximate surface area is 368 Å². The predicted molar refractivity (Wildman–Crippen MR) is 248 cm³/mol. The van der Waals surface area contributed by atoms with Gasteiger partial charge in [-0.3, -0.25) is 4.79 Å². The van der Waals surface area contributed by atoms with E-state index in [-0.39, 0.29) is 5.97 Å². The Balaban J connectivity index is 1.00. The Morgan fingerprint density at radius 1 is 0.452 bits per heavy atom. The highest BCUT2D eigenvalue weighted by atomic mass is 16.5. The van der Waals surface area contributed by atoms with Crippen molar-refractivity contribution in [2.75, 3.05) is 20.3 Å². The fraction of sp³-hybridized carbons (Fsp3) is 0.396. The van der Waals surface area contributed by atoms with Crippen LogP contribution in [0.1, 0.15) is 126 Å². The predicted octanol–water partition coefficient (Wildman–Crippen LogP) is 15.0. The van der Waals surface area contributed by atoms with E-state index in [4.69, 9.17) is 23.7 Å². The van der Waals surface area contributed by atoms with E-state index in [0.29, 0.717) is 53.8 Å². The Morgan fingerprint density at radius 2 is 0.968 bits per heavy atom. The van der Waals surface area contributed by atoms with Gasteiger partial charge in [0.05, 0.1) is 37.3 Å². The minimum atomic E-state index is -0.486. The average Bonchev–Trinajstić information content (AvgIpc) is 3.30. The van der Waals surface area contributed by atoms with Gasteiger partial charge in [-0.1, -0.05) is 133 Å². The molecule has 62 heavy (non-hydrogen) atoms. The van der Waals surface area contributed by atoms with Crippen molar-refractivity contribution in [1.82, 2.24) is 0 Å². The first-order valence-corrected chi connectivity index (χ1v) is 22.6. The molecule has 0 aliphatic rings. The molecule has 0 heterocycles. The third-order valence-electron chi connectivity index (χ3n) is 10.5. The number of hydrogen-bond donors (Lipinski definition) is 0. The standard InChI is InChI=1S/C53H64N2O7/c1-3-4-5-6-7-11-14-20-37-59-48-31-27-44(28-32-48)53(57)62-51-40-46(55-54-45-29-35-47(58-2)36-30-45)39-50(41-51)60-38-21-15-12-9-8-10-13-19-24-52(56)61-49-33-25-43(26-34-49)42-22-17-16-18-23-42/h16-18,22-23,25-36,39-41H,3-15,19-21,24,37-38H2,1-2H3. The van der Waals surface area contributed by atoms with Crippen LogP contribution in [0.4, 0.5) is 11.4 Å². The highest BCUT2D eigenvalue weighted by molar-refractivity contribution is 5.91. The number of hydrogen-bond acceptors (Lipinski definition) is 9. The van der Waals surface area contributed by atoms with Crippen LogP contribution < -0.4 is 23.7 Å². The normalized spacial score (nSPS) is 11.1. The molecule has 9 heteroatoms. The van der Waals surface area contributed by atoms with Crippen LogP contribution in [-0.2, 0) is 4.79 Å². The van der Waals surface area contributed by atoms with E-state index in [2.05, 4.69) is 29.3 Å². The van der Waals surface area contributed by atoms with Gasteiger partial charge in [-0.15, -0.1) is 0 Å². The number of unbranched alkanes of at least 4 members (excludes halogenated alkanes) is 14. The van der Waals surface area contributed by atoms with Crippen LogP contribution in [0.2, 0.25) is 0 Å². The van der Waals surface area contributed by atoms with Gasteiger partial charge in [0.25, 0.3) is 0 Å². The summed E-state index contributed by atoms with van der Waals surface area (Å²) < 4.78 is 28.7. The molecule has 328 valence electrons. The molecule has 5 aromatic carbocycles. The molecule has 0 saturated heterocycles. The molecule has 0 aliphatic heterocycles. The molecule has 5 aromatic rings. The fourth-order valence-electron chi connectivity index (χ4n) is 6.95. The van der Waals surface area contributed by atoms with Gasteiger partial charge in [0.2, 0.25) is 0 Å². The molecule has 0 radical (unpaired) electrons. The molecule has 0 aromatic heterocycles. The van der Waals surface area contributed by atoms with Crippen LogP contribution >= 0.6 is 0 Å². The molecule has 0 aliphatic carbocycles. The maximum Gasteiger partial charge on any atom is 0.343 e.